The van der Waals surface area contributed by atoms with E-state index in [1.165, 1.54) is 14.2 Å². The van der Waals surface area contributed by atoms with Gasteiger partial charge in [-0.25, -0.2) is 4.79 Å². The molecule has 25 heavy (non-hydrogen) atoms. The van der Waals surface area contributed by atoms with Crippen LogP contribution in [-0.2, 0) is 4.74 Å². The molecule has 0 atom stereocenters. The maximum atomic E-state index is 12.9. The first-order valence-corrected chi connectivity index (χ1v) is 8.24. The van der Waals surface area contributed by atoms with Gasteiger partial charge in [-0.3, -0.25) is 4.79 Å². The highest BCUT2D eigenvalue weighted by atomic mass is 16.6. The number of rotatable bonds is 2. The molecular weight excluding hydrogens is 328 g/mol. The minimum absolute atomic E-state index is 0.123. The second-order valence-corrected chi connectivity index (χ2v) is 5.81. The molecule has 0 aliphatic carbocycles. The molecule has 0 spiro atoms. The van der Waals surface area contributed by atoms with Crippen LogP contribution < -0.4 is 14.2 Å². The molecule has 3 rings (SSSR count). The fraction of sp³-hybridized carbons (Fsp3) is 0.529. The predicted octanol–water partition coefficient (Wildman–Crippen LogP) is 1.38. The Hall–Kier alpha value is -2.64. The molecule has 0 bridgehead atoms. The number of amides is 2. The third kappa shape index (κ3) is 3.57. The summed E-state index contributed by atoms with van der Waals surface area (Å²) in [7, 11) is 2.89. The smallest absolute Gasteiger partial charge is 0.409 e. The number of carbonyl (C=O) groups excluding carboxylic acids is 2. The number of benzene rings is 1. The maximum Gasteiger partial charge on any atom is 0.409 e. The standard InChI is InChI=1S/C17H22N2O6/c1-22-13-10-12(11-14-15(13)25-9-8-24-14)16(20)18-4-3-5-19(7-6-18)17(21)23-2/h10-11H,3-9H2,1-2H3. The third-order valence-corrected chi connectivity index (χ3v) is 4.29. The van der Waals surface area contributed by atoms with Gasteiger partial charge in [-0.05, 0) is 18.6 Å². The van der Waals surface area contributed by atoms with Gasteiger partial charge in [-0.15, -0.1) is 0 Å². The Morgan fingerprint density at radius 2 is 1.72 bits per heavy atom. The molecule has 2 amide bonds. The van der Waals surface area contributed by atoms with E-state index in [0.29, 0.717) is 68.6 Å². The van der Waals surface area contributed by atoms with Gasteiger partial charge >= 0.3 is 6.09 Å². The molecule has 1 aromatic rings. The fourth-order valence-corrected chi connectivity index (χ4v) is 3.01. The predicted molar refractivity (Wildman–Crippen MR) is 88.5 cm³/mol. The largest absolute Gasteiger partial charge is 0.493 e. The van der Waals surface area contributed by atoms with Crippen LogP contribution in [-0.4, -0.2) is 75.4 Å². The highest BCUT2D eigenvalue weighted by Crippen LogP contribution is 2.40. The summed E-state index contributed by atoms with van der Waals surface area (Å²) in [6.07, 6.45) is 0.331. The molecule has 8 nitrogen and oxygen atoms in total. The Balaban J connectivity index is 1.77. The van der Waals surface area contributed by atoms with Crippen molar-refractivity contribution < 1.29 is 28.5 Å². The lowest BCUT2D eigenvalue weighted by Crippen LogP contribution is -2.37. The van der Waals surface area contributed by atoms with E-state index < -0.39 is 0 Å². The minimum atomic E-state index is -0.365. The lowest BCUT2D eigenvalue weighted by atomic mass is 10.1. The molecule has 0 N–H and O–H groups in total. The average Bonchev–Trinajstić information content (AvgIpc) is 2.92. The van der Waals surface area contributed by atoms with Crippen LogP contribution in [0.4, 0.5) is 4.79 Å². The van der Waals surface area contributed by atoms with Crippen LogP contribution in [0.5, 0.6) is 17.2 Å². The van der Waals surface area contributed by atoms with Crippen LogP contribution in [0.2, 0.25) is 0 Å². The molecule has 0 aromatic heterocycles. The number of fused-ring (bicyclic) bond motifs is 1. The third-order valence-electron chi connectivity index (χ3n) is 4.29. The van der Waals surface area contributed by atoms with E-state index >= 15 is 0 Å². The van der Waals surface area contributed by atoms with Crippen LogP contribution in [0.15, 0.2) is 12.1 Å². The Morgan fingerprint density at radius 3 is 2.48 bits per heavy atom. The summed E-state index contributed by atoms with van der Waals surface area (Å²) in [5.74, 6) is 1.39. The number of methoxy groups -OCH3 is 2. The maximum absolute atomic E-state index is 12.9. The average molecular weight is 350 g/mol. The van der Waals surface area contributed by atoms with Crippen molar-refractivity contribution in [2.45, 2.75) is 6.42 Å². The van der Waals surface area contributed by atoms with Crippen LogP contribution in [0.25, 0.3) is 0 Å². The lowest BCUT2D eigenvalue weighted by molar-refractivity contribution is 0.0755. The molecule has 0 radical (unpaired) electrons. The van der Waals surface area contributed by atoms with Crippen molar-refractivity contribution >= 4 is 12.0 Å². The number of ether oxygens (including phenoxy) is 4. The van der Waals surface area contributed by atoms with E-state index in [1.807, 2.05) is 0 Å². The molecule has 2 aliphatic heterocycles. The number of nitrogens with zero attached hydrogens (tertiary/aromatic N) is 2. The zero-order valence-corrected chi connectivity index (χ0v) is 14.4. The van der Waals surface area contributed by atoms with E-state index in [0.717, 1.165) is 0 Å². The van der Waals surface area contributed by atoms with E-state index in [-0.39, 0.29) is 12.0 Å². The van der Waals surface area contributed by atoms with Crippen molar-refractivity contribution in [2.75, 3.05) is 53.6 Å². The quantitative estimate of drug-likeness (QED) is 0.802. The first-order valence-electron chi connectivity index (χ1n) is 8.24. The van der Waals surface area contributed by atoms with Crippen LogP contribution in [0.1, 0.15) is 16.8 Å². The normalized spacial score (nSPS) is 16.9. The fourth-order valence-electron chi connectivity index (χ4n) is 3.01. The minimum Gasteiger partial charge on any atom is -0.493 e. The topological polar surface area (TPSA) is 77.5 Å². The highest BCUT2D eigenvalue weighted by molar-refractivity contribution is 5.95. The Kier molecular flexibility index (Phi) is 5.16. The zero-order valence-electron chi connectivity index (χ0n) is 14.4. The first-order chi connectivity index (χ1) is 12.1. The van der Waals surface area contributed by atoms with Crippen molar-refractivity contribution in [3.63, 3.8) is 0 Å². The van der Waals surface area contributed by atoms with Crippen molar-refractivity contribution in [1.29, 1.82) is 0 Å². The summed E-state index contributed by atoms with van der Waals surface area (Å²) in [5.41, 5.74) is 0.479. The van der Waals surface area contributed by atoms with E-state index in [4.69, 9.17) is 18.9 Å². The molecule has 0 saturated carbocycles. The van der Waals surface area contributed by atoms with E-state index in [1.54, 1.807) is 21.9 Å². The van der Waals surface area contributed by atoms with Gasteiger partial charge in [-0.1, -0.05) is 0 Å². The van der Waals surface area contributed by atoms with Crippen molar-refractivity contribution in [1.82, 2.24) is 9.80 Å². The number of hydrogen-bond acceptors (Lipinski definition) is 6. The summed E-state index contributed by atoms with van der Waals surface area (Å²) in [5, 5.41) is 0. The van der Waals surface area contributed by atoms with Crippen molar-refractivity contribution in [3.05, 3.63) is 17.7 Å². The summed E-state index contributed by atoms with van der Waals surface area (Å²) in [6, 6.07) is 3.35. The van der Waals surface area contributed by atoms with Gasteiger partial charge in [-0.2, -0.15) is 0 Å². The molecule has 2 aliphatic rings. The molecule has 2 heterocycles. The van der Waals surface area contributed by atoms with E-state index in [2.05, 4.69) is 0 Å². The van der Waals surface area contributed by atoms with Crippen molar-refractivity contribution in [2.24, 2.45) is 0 Å². The van der Waals surface area contributed by atoms with Crippen LogP contribution in [0, 0.1) is 0 Å². The zero-order chi connectivity index (χ0) is 17.8. The second kappa shape index (κ2) is 7.50. The van der Waals surface area contributed by atoms with E-state index in [9.17, 15) is 9.59 Å². The first kappa shape index (κ1) is 17.2. The van der Waals surface area contributed by atoms with Gasteiger partial charge in [0.15, 0.2) is 11.5 Å². The lowest BCUT2D eigenvalue weighted by Gasteiger charge is -2.24. The molecule has 1 aromatic carbocycles. The Morgan fingerprint density at radius 1 is 1.00 bits per heavy atom. The summed E-state index contributed by atoms with van der Waals surface area (Å²) in [6.45, 7) is 2.92. The molecule has 1 saturated heterocycles. The van der Waals surface area contributed by atoms with Gasteiger partial charge in [0.2, 0.25) is 5.75 Å². The Labute approximate surface area is 146 Å². The Bertz CT molecular complexity index is 646. The van der Waals surface area contributed by atoms with Crippen molar-refractivity contribution in [3.8, 4) is 17.2 Å². The molecule has 8 heteroatoms. The molecule has 136 valence electrons. The van der Waals surface area contributed by atoms with Crippen LogP contribution in [0.3, 0.4) is 0 Å². The number of carbonyl (C=O) groups is 2. The SMILES string of the molecule is COC(=O)N1CCCN(C(=O)c2cc(OC)c3c(c2)OCCO3)CC1. The molecule has 1 fully saturated rings. The number of hydrogen-bond donors (Lipinski definition) is 0. The summed E-state index contributed by atoms with van der Waals surface area (Å²) >= 11 is 0. The summed E-state index contributed by atoms with van der Waals surface area (Å²) in [4.78, 5) is 27.9. The van der Waals surface area contributed by atoms with Gasteiger partial charge < -0.3 is 28.7 Å². The van der Waals surface area contributed by atoms with Gasteiger partial charge in [0.25, 0.3) is 5.91 Å². The highest BCUT2D eigenvalue weighted by Gasteiger charge is 2.26. The second-order valence-electron chi connectivity index (χ2n) is 5.81. The van der Waals surface area contributed by atoms with Crippen LogP contribution >= 0.6 is 0 Å². The molecule has 0 unspecified atom stereocenters. The monoisotopic (exact) mass is 350 g/mol. The molecular formula is C17H22N2O6. The van der Waals surface area contributed by atoms with Gasteiger partial charge in [0.05, 0.1) is 14.2 Å². The van der Waals surface area contributed by atoms with Gasteiger partial charge in [0, 0.05) is 31.7 Å². The van der Waals surface area contributed by atoms with Gasteiger partial charge in [0.1, 0.15) is 13.2 Å². The summed E-state index contributed by atoms with van der Waals surface area (Å²) < 4.78 is 21.2.